The number of carbonyl (C=O) groups is 2. The Morgan fingerprint density at radius 2 is 2.00 bits per heavy atom. The number of nitrogens with one attached hydrogen (secondary N) is 1. The monoisotopic (exact) mass is 321 g/mol. The van der Waals surface area contributed by atoms with Crippen molar-refractivity contribution in [2.75, 3.05) is 6.61 Å². The number of hydrogen-bond donors (Lipinski definition) is 1. The SMILES string of the molecule is O=C(COC(=O)C12CC3CC(CC(Cl)(C3)C1)C2)c1ccc[nH]1. The summed E-state index contributed by atoms with van der Waals surface area (Å²) in [4.78, 5) is 27.3. The van der Waals surface area contributed by atoms with E-state index in [-0.39, 0.29) is 23.2 Å². The van der Waals surface area contributed by atoms with Crippen LogP contribution in [0.5, 0.6) is 0 Å². The van der Waals surface area contributed by atoms with Gasteiger partial charge < -0.3 is 9.72 Å². The summed E-state index contributed by atoms with van der Waals surface area (Å²) in [5, 5.41) is 0. The van der Waals surface area contributed by atoms with Gasteiger partial charge in [-0.1, -0.05) is 0 Å². The third-order valence-electron chi connectivity index (χ3n) is 5.66. The van der Waals surface area contributed by atoms with Gasteiger partial charge in [-0.2, -0.15) is 0 Å². The number of aromatic amines is 1. The van der Waals surface area contributed by atoms with Crippen molar-refractivity contribution < 1.29 is 14.3 Å². The van der Waals surface area contributed by atoms with Gasteiger partial charge in [0.25, 0.3) is 0 Å². The number of H-pyrrole nitrogens is 1. The number of Topliss-reactive ketones (excluding diaryl/α,β-unsaturated/α-hetero) is 1. The van der Waals surface area contributed by atoms with Crippen LogP contribution in [-0.4, -0.2) is 28.2 Å². The summed E-state index contributed by atoms with van der Waals surface area (Å²) in [6, 6.07) is 3.44. The van der Waals surface area contributed by atoms with Crippen LogP contribution in [-0.2, 0) is 9.53 Å². The van der Waals surface area contributed by atoms with Crippen LogP contribution in [0.2, 0.25) is 0 Å². The minimum Gasteiger partial charge on any atom is -0.457 e. The normalized spacial score (nSPS) is 39.0. The van der Waals surface area contributed by atoms with Crippen LogP contribution < -0.4 is 0 Å². The third kappa shape index (κ3) is 2.28. The Labute approximate surface area is 134 Å². The minimum atomic E-state index is -0.443. The Balaban J connectivity index is 1.45. The second-order valence-electron chi connectivity index (χ2n) is 7.48. The summed E-state index contributed by atoms with van der Waals surface area (Å²) in [7, 11) is 0. The lowest BCUT2D eigenvalue weighted by Crippen LogP contribution is -2.56. The standard InChI is InChI=1S/C17H20ClNO3/c18-17-7-11-4-12(8-17)6-16(5-11,10-17)15(21)22-9-14(20)13-2-1-3-19-13/h1-3,11-12,19H,4-10H2. The van der Waals surface area contributed by atoms with E-state index in [0.717, 1.165) is 25.7 Å². The van der Waals surface area contributed by atoms with E-state index in [1.807, 2.05) is 0 Å². The Morgan fingerprint density at radius 1 is 1.27 bits per heavy atom. The van der Waals surface area contributed by atoms with Crippen LogP contribution in [0, 0.1) is 17.3 Å². The van der Waals surface area contributed by atoms with E-state index in [9.17, 15) is 9.59 Å². The quantitative estimate of drug-likeness (QED) is 0.526. The van der Waals surface area contributed by atoms with Crippen LogP contribution in [0.1, 0.15) is 49.0 Å². The molecular formula is C17H20ClNO3. The van der Waals surface area contributed by atoms with Crippen LogP contribution in [0.3, 0.4) is 0 Å². The molecule has 1 heterocycles. The number of ether oxygens (including phenoxy) is 1. The first kappa shape index (κ1) is 14.3. The zero-order chi connectivity index (χ0) is 15.4. The van der Waals surface area contributed by atoms with Crippen molar-refractivity contribution in [3.63, 3.8) is 0 Å². The predicted molar refractivity (Wildman–Crippen MR) is 81.8 cm³/mol. The lowest BCUT2D eigenvalue weighted by Gasteiger charge is -2.58. The average molecular weight is 322 g/mol. The number of halogens is 1. The molecule has 5 heteroatoms. The van der Waals surface area contributed by atoms with E-state index in [0.29, 0.717) is 24.0 Å². The molecule has 0 amide bonds. The van der Waals surface area contributed by atoms with Gasteiger partial charge in [-0.15, -0.1) is 11.6 Å². The Hall–Kier alpha value is -1.29. The second-order valence-corrected chi connectivity index (χ2v) is 8.28. The largest absolute Gasteiger partial charge is 0.457 e. The molecule has 0 spiro atoms. The van der Waals surface area contributed by atoms with Crippen LogP contribution in [0.15, 0.2) is 18.3 Å². The molecule has 1 aromatic heterocycles. The van der Waals surface area contributed by atoms with Crippen molar-refractivity contribution in [2.45, 2.75) is 43.4 Å². The van der Waals surface area contributed by atoms with Crippen molar-refractivity contribution in [1.29, 1.82) is 0 Å². The van der Waals surface area contributed by atoms with E-state index in [2.05, 4.69) is 4.98 Å². The lowest BCUT2D eigenvalue weighted by atomic mass is 9.49. The fraction of sp³-hybridized carbons (Fsp3) is 0.647. The summed E-state index contributed by atoms with van der Waals surface area (Å²) < 4.78 is 5.39. The Bertz CT molecular complexity index is 595. The molecule has 5 rings (SSSR count). The first-order chi connectivity index (χ1) is 10.5. The molecule has 1 aromatic rings. The molecule has 2 atom stereocenters. The number of ketones is 1. The molecule has 4 aliphatic carbocycles. The van der Waals surface area contributed by atoms with E-state index in [1.165, 1.54) is 6.42 Å². The van der Waals surface area contributed by atoms with Crippen LogP contribution >= 0.6 is 11.6 Å². The number of rotatable bonds is 4. The fourth-order valence-corrected chi connectivity index (χ4v) is 5.95. The van der Waals surface area contributed by atoms with Crippen molar-refractivity contribution in [3.05, 3.63) is 24.0 Å². The number of hydrogen-bond acceptors (Lipinski definition) is 3. The highest BCUT2D eigenvalue weighted by molar-refractivity contribution is 6.24. The maximum absolute atomic E-state index is 12.7. The molecule has 0 aromatic carbocycles. The highest BCUT2D eigenvalue weighted by Gasteiger charge is 2.60. The third-order valence-corrected chi connectivity index (χ3v) is 6.10. The van der Waals surface area contributed by atoms with E-state index >= 15 is 0 Å². The van der Waals surface area contributed by atoms with E-state index in [4.69, 9.17) is 16.3 Å². The maximum atomic E-state index is 12.7. The molecule has 0 radical (unpaired) electrons. The molecular weight excluding hydrogens is 302 g/mol. The molecule has 22 heavy (non-hydrogen) atoms. The van der Waals surface area contributed by atoms with Crippen molar-refractivity contribution >= 4 is 23.4 Å². The summed E-state index contributed by atoms with van der Waals surface area (Å²) in [5.41, 5.74) is 0.0362. The van der Waals surface area contributed by atoms with Gasteiger partial charge in [-0.25, -0.2) is 0 Å². The molecule has 4 bridgehead atoms. The number of esters is 1. The van der Waals surface area contributed by atoms with Gasteiger partial charge in [0.05, 0.1) is 11.1 Å². The number of aromatic nitrogens is 1. The second kappa shape index (κ2) is 4.85. The summed E-state index contributed by atoms with van der Waals surface area (Å²) >= 11 is 6.73. The molecule has 4 fully saturated rings. The van der Waals surface area contributed by atoms with Gasteiger partial charge in [0.2, 0.25) is 5.78 Å². The van der Waals surface area contributed by atoms with Crippen LogP contribution in [0.25, 0.3) is 0 Å². The molecule has 118 valence electrons. The smallest absolute Gasteiger partial charge is 0.312 e. The molecule has 4 aliphatic rings. The first-order valence-electron chi connectivity index (χ1n) is 8.01. The number of alkyl halides is 1. The van der Waals surface area contributed by atoms with Gasteiger partial charge >= 0.3 is 5.97 Å². The van der Waals surface area contributed by atoms with Gasteiger partial charge in [-0.05, 0) is 62.5 Å². The maximum Gasteiger partial charge on any atom is 0.312 e. The van der Waals surface area contributed by atoms with Gasteiger partial charge in [0.15, 0.2) is 6.61 Å². The fourth-order valence-electron chi connectivity index (χ4n) is 5.26. The summed E-state index contributed by atoms with van der Waals surface area (Å²) in [5.74, 6) is 0.686. The number of carbonyl (C=O) groups excluding carboxylic acids is 2. The van der Waals surface area contributed by atoms with Gasteiger partial charge in [0.1, 0.15) is 0 Å². The molecule has 4 nitrogen and oxygen atoms in total. The first-order valence-corrected chi connectivity index (χ1v) is 8.39. The molecule has 0 aliphatic heterocycles. The summed E-state index contributed by atoms with van der Waals surface area (Å²) in [6.07, 6.45) is 7.42. The Kier molecular flexibility index (Phi) is 3.16. The average Bonchev–Trinajstić information content (AvgIpc) is 2.95. The van der Waals surface area contributed by atoms with Crippen molar-refractivity contribution in [3.8, 4) is 0 Å². The van der Waals surface area contributed by atoms with E-state index in [1.54, 1.807) is 18.3 Å². The molecule has 2 unspecified atom stereocenters. The highest BCUT2D eigenvalue weighted by atomic mass is 35.5. The molecule has 0 saturated heterocycles. The predicted octanol–water partition coefficient (Wildman–Crippen LogP) is 3.32. The van der Waals surface area contributed by atoms with Gasteiger partial charge in [0, 0.05) is 11.1 Å². The summed E-state index contributed by atoms with van der Waals surface area (Å²) in [6.45, 7) is -0.189. The molecule has 1 N–H and O–H groups in total. The molecule has 4 saturated carbocycles. The minimum absolute atomic E-state index is 0.189. The van der Waals surface area contributed by atoms with Gasteiger partial charge in [-0.3, -0.25) is 9.59 Å². The zero-order valence-electron chi connectivity index (χ0n) is 12.4. The van der Waals surface area contributed by atoms with Crippen molar-refractivity contribution in [2.24, 2.45) is 17.3 Å². The lowest BCUT2D eigenvalue weighted by molar-refractivity contribution is -0.168. The topological polar surface area (TPSA) is 59.2 Å². The zero-order valence-corrected chi connectivity index (χ0v) is 13.2. The highest BCUT2D eigenvalue weighted by Crippen LogP contribution is 2.64. The Morgan fingerprint density at radius 3 is 2.59 bits per heavy atom. The van der Waals surface area contributed by atoms with Crippen molar-refractivity contribution in [1.82, 2.24) is 4.98 Å². The van der Waals surface area contributed by atoms with E-state index < -0.39 is 5.41 Å². The van der Waals surface area contributed by atoms with Crippen LogP contribution in [0.4, 0.5) is 0 Å².